The van der Waals surface area contributed by atoms with Gasteiger partial charge in [-0.15, -0.1) is 0 Å². The van der Waals surface area contributed by atoms with E-state index >= 15 is 0 Å². The summed E-state index contributed by atoms with van der Waals surface area (Å²) < 4.78 is 41.5. The molecule has 2 rings (SSSR count). The number of carbonyl (C=O) groups excluding carboxylic acids is 1. The van der Waals surface area contributed by atoms with E-state index in [9.17, 15) is 17.6 Å². The van der Waals surface area contributed by atoms with E-state index in [1.54, 1.807) is 6.07 Å². The van der Waals surface area contributed by atoms with E-state index in [2.05, 4.69) is 10.1 Å². The Morgan fingerprint density at radius 3 is 2.63 bits per heavy atom. The number of para-hydroxylation sites is 1. The molecule has 1 unspecified atom stereocenters. The van der Waals surface area contributed by atoms with Crippen molar-refractivity contribution >= 4 is 21.5 Å². The molecule has 0 aromatic heterocycles. The molecule has 1 atom stereocenters. The maximum Gasteiger partial charge on any atom is 0.332 e. The van der Waals surface area contributed by atoms with Crippen LogP contribution in [-0.2, 0) is 19.4 Å². The van der Waals surface area contributed by atoms with E-state index in [1.165, 1.54) is 25.3 Å². The summed E-state index contributed by atoms with van der Waals surface area (Å²) in [5.74, 6) is -1.75. The van der Waals surface area contributed by atoms with Crippen LogP contribution in [0.15, 0.2) is 24.3 Å². The first-order chi connectivity index (χ1) is 8.88. The summed E-state index contributed by atoms with van der Waals surface area (Å²) in [6.07, 6.45) is 0.0658. The van der Waals surface area contributed by atoms with Crippen LogP contribution in [-0.4, -0.2) is 38.5 Å². The van der Waals surface area contributed by atoms with Crippen molar-refractivity contribution in [1.82, 2.24) is 0 Å². The molecule has 19 heavy (non-hydrogen) atoms. The van der Waals surface area contributed by atoms with Gasteiger partial charge in [-0.1, -0.05) is 12.1 Å². The Bertz CT molecular complexity index is 602. The summed E-state index contributed by atoms with van der Waals surface area (Å²) in [4.78, 5) is 11.9. The molecule has 0 aliphatic carbocycles. The van der Waals surface area contributed by atoms with Gasteiger partial charge in [0.05, 0.1) is 24.3 Å². The molecule has 0 saturated carbocycles. The van der Waals surface area contributed by atoms with Gasteiger partial charge in [0.2, 0.25) is 0 Å². The minimum Gasteiger partial charge on any atom is -0.467 e. The zero-order valence-electron chi connectivity index (χ0n) is 10.3. The Balaban J connectivity index is 2.36. The number of methoxy groups -OCH3 is 1. The van der Waals surface area contributed by atoms with Crippen molar-refractivity contribution in [2.24, 2.45) is 0 Å². The molecular formula is C12H14FNO4S. The highest BCUT2D eigenvalue weighted by Crippen LogP contribution is 2.30. The first-order valence-electron chi connectivity index (χ1n) is 5.70. The predicted molar refractivity (Wildman–Crippen MR) is 68.0 cm³/mol. The average molecular weight is 287 g/mol. The molecule has 104 valence electrons. The lowest BCUT2D eigenvalue weighted by Crippen LogP contribution is -2.48. The van der Waals surface area contributed by atoms with Crippen molar-refractivity contribution in [3.63, 3.8) is 0 Å². The number of rotatable bonds is 3. The molecule has 1 saturated heterocycles. The molecule has 1 aliphatic rings. The molecule has 0 amide bonds. The second kappa shape index (κ2) is 4.80. The Hall–Kier alpha value is -1.63. The summed E-state index contributed by atoms with van der Waals surface area (Å²) >= 11 is 0. The van der Waals surface area contributed by atoms with Gasteiger partial charge in [-0.2, -0.15) is 0 Å². The fourth-order valence-corrected chi connectivity index (χ4v) is 4.06. The number of sulfone groups is 1. The zero-order chi connectivity index (χ0) is 14.1. The van der Waals surface area contributed by atoms with Crippen LogP contribution >= 0.6 is 0 Å². The molecule has 7 heteroatoms. The molecule has 0 spiro atoms. The van der Waals surface area contributed by atoms with Crippen LogP contribution in [0.25, 0.3) is 0 Å². The number of ether oxygens (including phenoxy) is 1. The Labute approximate surface area is 110 Å². The van der Waals surface area contributed by atoms with Crippen molar-refractivity contribution < 1.29 is 22.3 Å². The maximum atomic E-state index is 13.6. The Kier molecular flexibility index (Phi) is 3.49. The third-order valence-electron chi connectivity index (χ3n) is 3.13. The van der Waals surface area contributed by atoms with Gasteiger partial charge in [-0.25, -0.2) is 17.6 Å². The van der Waals surface area contributed by atoms with Gasteiger partial charge >= 0.3 is 5.97 Å². The number of esters is 1. The van der Waals surface area contributed by atoms with Crippen LogP contribution < -0.4 is 5.32 Å². The van der Waals surface area contributed by atoms with Gasteiger partial charge < -0.3 is 10.1 Å². The SMILES string of the molecule is COC(=O)C1(Nc2ccccc2F)CCS(=O)(=O)C1. The quantitative estimate of drug-likeness (QED) is 0.839. The summed E-state index contributed by atoms with van der Waals surface area (Å²) in [5.41, 5.74) is -1.32. The fourth-order valence-electron chi connectivity index (χ4n) is 2.18. The molecule has 1 aromatic rings. The lowest BCUT2D eigenvalue weighted by atomic mass is 9.98. The van der Waals surface area contributed by atoms with E-state index in [1.807, 2.05) is 0 Å². The Morgan fingerprint density at radius 2 is 2.11 bits per heavy atom. The van der Waals surface area contributed by atoms with Crippen molar-refractivity contribution in [2.75, 3.05) is 23.9 Å². The smallest absolute Gasteiger partial charge is 0.332 e. The predicted octanol–water partition coefficient (Wildman–Crippen LogP) is 0.968. The molecule has 1 heterocycles. The Morgan fingerprint density at radius 1 is 1.42 bits per heavy atom. The summed E-state index contributed by atoms with van der Waals surface area (Å²) in [6.45, 7) is 0. The summed E-state index contributed by atoms with van der Waals surface area (Å²) in [5, 5.41) is 2.70. The van der Waals surface area contributed by atoms with Crippen LogP contribution in [0.3, 0.4) is 0 Å². The lowest BCUT2D eigenvalue weighted by Gasteiger charge is -2.27. The standard InChI is InChI=1S/C12H14FNO4S/c1-18-11(15)12(6-7-19(16,17)8-12)14-10-5-3-2-4-9(10)13/h2-5,14H,6-8H2,1H3. The number of hydrogen-bond acceptors (Lipinski definition) is 5. The number of halogens is 1. The highest BCUT2D eigenvalue weighted by molar-refractivity contribution is 7.91. The number of hydrogen-bond donors (Lipinski definition) is 1. The van der Waals surface area contributed by atoms with Crippen LogP contribution in [0.5, 0.6) is 0 Å². The average Bonchev–Trinajstić information content (AvgIpc) is 2.68. The zero-order valence-corrected chi connectivity index (χ0v) is 11.2. The number of benzene rings is 1. The third-order valence-corrected chi connectivity index (χ3v) is 4.89. The second-order valence-corrected chi connectivity index (χ2v) is 6.70. The molecule has 1 aliphatic heterocycles. The third kappa shape index (κ3) is 2.70. The molecule has 0 radical (unpaired) electrons. The summed E-state index contributed by atoms with van der Waals surface area (Å²) in [6, 6.07) is 5.79. The molecule has 1 N–H and O–H groups in total. The van der Waals surface area contributed by atoms with E-state index in [4.69, 9.17) is 0 Å². The van der Waals surface area contributed by atoms with Crippen molar-refractivity contribution in [1.29, 1.82) is 0 Å². The van der Waals surface area contributed by atoms with Crippen LogP contribution in [0.4, 0.5) is 10.1 Å². The largest absolute Gasteiger partial charge is 0.467 e. The number of carbonyl (C=O) groups is 1. The highest BCUT2D eigenvalue weighted by Gasteiger charge is 2.49. The van der Waals surface area contributed by atoms with E-state index < -0.39 is 27.2 Å². The van der Waals surface area contributed by atoms with Gasteiger partial charge in [0.1, 0.15) is 5.82 Å². The van der Waals surface area contributed by atoms with E-state index in [0.717, 1.165) is 0 Å². The van der Waals surface area contributed by atoms with Crippen LogP contribution in [0.1, 0.15) is 6.42 Å². The van der Waals surface area contributed by atoms with Crippen LogP contribution in [0.2, 0.25) is 0 Å². The lowest BCUT2D eigenvalue weighted by molar-refractivity contribution is -0.145. The molecule has 1 fully saturated rings. The topological polar surface area (TPSA) is 72.5 Å². The van der Waals surface area contributed by atoms with Crippen molar-refractivity contribution in [2.45, 2.75) is 12.0 Å². The minimum atomic E-state index is -3.33. The minimum absolute atomic E-state index is 0.0658. The molecule has 5 nitrogen and oxygen atoms in total. The molecule has 0 bridgehead atoms. The van der Waals surface area contributed by atoms with E-state index in [-0.39, 0.29) is 23.6 Å². The van der Waals surface area contributed by atoms with Gasteiger partial charge in [0, 0.05) is 0 Å². The van der Waals surface area contributed by atoms with Crippen molar-refractivity contribution in [3.8, 4) is 0 Å². The normalized spacial score (nSPS) is 24.9. The summed E-state index contributed by atoms with van der Waals surface area (Å²) in [7, 11) is -2.15. The van der Waals surface area contributed by atoms with Crippen molar-refractivity contribution in [3.05, 3.63) is 30.1 Å². The first-order valence-corrected chi connectivity index (χ1v) is 7.52. The van der Waals surface area contributed by atoms with Gasteiger partial charge in [0.15, 0.2) is 15.4 Å². The van der Waals surface area contributed by atoms with Gasteiger partial charge in [-0.05, 0) is 18.6 Å². The van der Waals surface area contributed by atoms with Gasteiger partial charge in [-0.3, -0.25) is 0 Å². The van der Waals surface area contributed by atoms with E-state index in [0.29, 0.717) is 0 Å². The van der Waals surface area contributed by atoms with Gasteiger partial charge in [0.25, 0.3) is 0 Å². The van der Waals surface area contributed by atoms with Crippen LogP contribution in [0, 0.1) is 5.82 Å². The second-order valence-electron chi connectivity index (χ2n) is 4.52. The maximum absolute atomic E-state index is 13.6. The number of anilines is 1. The monoisotopic (exact) mass is 287 g/mol. The molecule has 1 aromatic carbocycles. The highest BCUT2D eigenvalue weighted by atomic mass is 32.2. The number of nitrogens with one attached hydrogen (secondary N) is 1. The first kappa shape index (κ1) is 13.8. The fraction of sp³-hybridized carbons (Fsp3) is 0.417. The molecular weight excluding hydrogens is 273 g/mol.